The molecule has 0 aliphatic carbocycles. The third-order valence-electron chi connectivity index (χ3n) is 3.36. The van der Waals surface area contributed by atoms with Gasteiger partial charge in [0.05, 0.1) is 17.0 Å². The summed E-state index contributed by atoms with van der Waals surface area (Å²) in [5.41, 5.74) is 1.19. The Hall–Kier alpha value is -3.36. The topological polar surface area (TPSA) is 119 Å². The normalized spacial score (nSPS) is 10.5. The van der Waals surface area contributed by atoms with Crippen LogP contribution in [0.4, 0.5) is 5.95 Å². The molecule has 0 fully saturated rings. The predicted molar refractivity (Wildman–Crippen MR) is 85.4 cm³/mol. The van der Waals surface area contributed by atoms with Crippen molar-refractivity contribution in [3.63, 3.8) is 0 Å². The molecule has 0 saturated heterocycles. The van der Waals surface area contributed by atoms with Crippen LogP contribution >= 0.6 is 0 Å². The smallest absolute Gasteiger partial charge is 0.335 e. The summed E-state index contributed by atoms with van der Waals surface area (Å²) in [6, 6.07) is 4.60. The summed E-state index contributed by atoms with van der Waals surface area (Å²) < 4.78 is 1.85. The Morgan fingerprint density at radius 2 is 2.08 bits per heavy atom. The highest BCUT2D eigenvalue weighted by atomic mass is 16.4. The van der Waals surface area contributed by atoms with Gasteiger partial charge >= 0.3 is 5.97 Å². The number of carboxylic acid groups (broad SMARTS) is 1. The summed E-state index contributed by atoms with van der Waals surface area (Å²) in [5, 5.41) is 20.0. The third-order valence-corrected chi connectivity index (χ3v) is 3.36. The molecule has 9 heteroatoms. The molecular weight excluding hydrogens is 310 g/mol. The SMILES string of the molecule is Cn1cnnc1CCNc1nccc(-c2cc(C(=O)O)ccn2)n1. The molecule has 0 saturated carbocycles. The van der Waals surface area contributed by atoms with Crippen molar-refractivity contribution in [2.75, 3.05) is 11.9 Å². The first-order chi connectivity index (χ1) is 11.6. The minimum atomic E-state index is -1.00. The quantitative estimate of drug-likeness (QED) is 0.689. The molecule has 0 aliphatic heterocycles. The van der Waals surface area contributed by atoms with Gasteiger partial charge in [-0.25, -0.2) is 14.8 Å². The Morgan fingerprint density at radius 1 is 1.25 bits per heavy atom. The van der Waals surface area contributed by atoms with E-state index in [-0.39, 0.29) is 5.56 Å². The molecule has 0 bridgehead atoms. The maximum Gasteiger partial charge on any atom is 0.335 e. The molecule has 0 atom stereocenters. The summed E-state index contributed by atoms with van der Waals surface area (Å²) in [4.78, 5) is 23.7. The lowest BCUT2D eigenvalue weighted by Crippen LogP contribution is -2.11. The van der Waals surface area contributed by atoms with Crippen LogP contribution in [0.3, 0.4) is 0 Å². The molecule has 0 aliphatic rings. The van der Waals surface area contributed by atoms with E-state index in [2.05, 4.69) is 30.5 Å². The van der Waals surface area contributed by atoms with E-state index in [9.17, 15) is 4.79 Å². The van der Waals surface area contributed by atoms with Crippen LogP contribution in [0.2, 0.25) is 0 Å². The van der Waals surface area contributed by atoms with Gasteiger partial charge in [-0.2, -0.15) is 0 Å². The minimum Gasteiger partial charge on any atom is -0.478 e. The molecule has 0 unspecified atom stereocenters. The van der Waals surface area contributed by atoms with Crippen molar-refractivity contribution in [3.05, 3.63) is 48.3 Å². The highest BCUT2D eigenvalue weighted by Gasteiger charge is 2.08. The highest BCUT2D eigenvalue weighted by molar-refractivity contribution is 5.88. The molecule has 9 nitrogen and oxygen atoms in total. The van der Waals surface area contributed by atoms with Gasteiger partial charge in [-0.1, -0.05) is 0 Å². The average Bonchev–Trinajstić information content (AvgIpc) is 3.00. The molecule has 122 valence electrons. The lowest BCUT2D eigenvalue weighted by molar-refractivity contribution is 0.0697. The Morgan fingerprint density at radius 3 is 2.83 bits per heavy atom. The van der Waals surface area contributed by atoms with Crippen LogP contribution < -0.4 is 5.32 Å². The first kappa shape index (κ1) is 15.5. The summed E-state index contributed by atoms with van der Waals surface area (Å²) in [6.07, 6.45) is 5.37. The lowest BCUT2D eigenvalue weighted by atomic mass is 10.2. The van der Waals surface area contributed by atoms with Crippen LogP contribution in [0.25, 0.3) is 11.4 Å². The monoisotopic (exact) mass is 325 g/mol. The van der Waals surface area contributed by atoms with Gasteiger partial charge in [0.2, 0.25) is 5.95 Å². The van der Waals surface area contributed by atoms with Gasteiger partial charge in [0.1, 0.15) is 12.2 Å². The number of aromatic nitrogens is 6. The van der Waals surface area contributed by atoms with Crippen LogP contribution in [-0.4, -0.2) is 47.3 Å². The van der Waals surface area contributed by atoms with E-state index in [0.717, 1.165) is 5.82 Å². The summed E-state index contributed by atoms with van der Waals surface area (Å²) >= 11 is 0. The molecule has 24 heavy (non-hydrogen) atoms. The average molecular weight is 325 g/mol. The molecular formula is C15H15N7O2. The van der Waals surface area contributed by atoms with Crippen LogP contribution in [0.5, 0.6) is 0 Å². The number of aromatic carboxylic acids is 1. The van der Waals surface area contributed by atoms with Gasteiger partial charge in [0.15, 0.2) is 0 Å². The number of aryl methyl sites for hydroxylation is 1. The van der Waals surface area contributed by atoms with Gasteiger partial charge in [-0.05, 0) is 18.2 Å². The molecule has 0 amide bonds. The van der Waals surface area contributed by atoms with Crippen molar-refractivity contribution in [2.24, 2.45) is 7.05 Å². The number of hydrogen-bond acceptors (Lipinski definition) is 7. The number of rotatable bonds is 6. The second-order valence-corrected chi connectivity index (χ2v) is 5.04. The fourth-order valence-electron chi connectivity index (χ4n) is 2.11. The number of carbonyl (C=O) groups is 1. The Labute approximate surface area is 137 Å². The van der Waals surface area contributed by atoms with Crippen molar-refractivity contribution in [3.8, 4) is 11.4 Å². The first-order valence-electron chi connectivity index (χ1n) is 7.23. The van der Waals surface area contributed by atoms with E-state index >= 15 is 0 Å². The van der Waals surface area contributed by atoms with Crippen LogP contribution in [0, 0.1) is 0 Å². The zero-order chi connectivity index (χ0) is 16.9. The number of anilines is 1. The number of carboxylic acids is 1. The first-order valence-corrected chi connectivity index (χ1v) is 7.23. The van der Waals surface area contributed by atoms with Crippen molar-refractivity contribution < 1.29 is 9.90 Å². The number of pyridine rings is 1. The second-order valence-electron chi connectivity index (χ2n) is 5.04. The van der Waals surface area contributed by atoms with Crippen molar-refractivity contribution >= 4 is 11.9 Å². The highest BCUT2D eigenvalue weighted by Crippen LogP contribution is 2.16. The number of nitrogens with zero attached hydrogens (tertiary/aromatic N) is 6. The Balaban J connectivity index is 1.71. The van der Waals surface area contributed by atoms with Gasteiger partial charge in [0, 0.05) is 32.4 Å². The molecule has 3 aromatic rings. The van der Waals surface area contributed by atoms with Crippen molar-refractivity contribution in [1.29, 1.82) is 0 Å². The largest absolute Gasteiger partial charge is 0.478 e. The molecule has 3 heterocycles. The zero-order valence-electron chi connectivity index (χ0n) is 12.9. The minimum absolute atomic E-state index is 0.162. The van der Waals surface area contributed by atoms with Gasteiger partial charge in [0.25, 0.3) is 0 Å². The number of nitrogens with one attached hydrogen (secondary N) is 1. The summed E-state index contributed by atoms with van der Waals surface area (Å²) in [6.45, 7) is 0.596. The van der Waals surface area contributed by atoms with Crippen molar-refractivity contribution in [1.82, 2.24) is 29.7 Å². The standard InChI is InChI=1S/C15H15N7O2/c1-22-9-19-21-13(22)4-7-18-15-17-6-3-11(20-15)12-8-10(14(23)24)2-5-16-12/h2-3,5-6,8-9H,4,7H2,1H3,(H,23,24)(H,17,18,20). The second kappa shape index (κ2) is 6.82. The third kappa shape index (κ3) is 3.51. The van der Waals surface area contributed by atoms with Crippen LogP contribution in [0.1, 0.15) is 16.2 Å². The maximum absolute atomic E-state index is 11.0. The van der Waals surface area contributed by atoms with Gasteiger partial charge < -0.3 is 15.0 Å². The molecule has 0 spiro atoms. The van der Waals surface area contributed by atoms with Crippen LogP contribution in [0.15, 0.2) is 36.9 Å². The lowest BCUT2D eigenvalue weighted by Gasteiger charge is -2.06. The fraction of sp³-hybridized carbons (Fsp3) is 0.200. The van der Waals surface area contributed by atoms with E-state index < -0.39 is 5.97 Å². The summed E-state index contributed by atoms with van der Waals surface area (Å²) in [7, 11) is 1.88. The Bertz CT molecular complexity index is 862. The van der Waals surface area contributed by atoms with E-state index in [1.165, 1.54) is 18.3 Å². The molecule has 0 radical (unpaired) electrons. The predicted octanol–water partition coefficient (Wildman–Crippen LogP) is 1.02. The van der Waals surface area contributed by atoms with Crippen molar-refractivity contribution in [2.45, 2.75) is 6.42 Å². The van der Waals surface area contributed by atoms with E-state index in [1.54, 1.807) is 18.6 Å². The van der Waals surface area contributed by atoms with Gasteiger partial charge in [-0.15, -0.1) is 10.2 Å². The van der Waals surface area contributed by atoms with E-state index in [1.807, 2.05) is 11.6 Å². The molecule has 2 N–H and O–H groups in total. The number of hydrogen-bond donors (Lipinski definition) is 2. The molecule has 3 rings (SSSR count). The van der Waals surface area contributed by atoms with E-state index in [0.29, 0.717) is 30.3 Å². The van der Waals surface area contributed by atoms with Gasteiger partial charge in [-0.3, -0.25) is 4.98 Å². The summed E-state index contributed by atoms with van der Waals surface area (Å²) in [5.74, 6) is 0.293. The molecule has 3 aromatic heterocycles. The van der Waals surface area contributed by atoms with E-state index in [4.69, 9.17) is 5.11 Å². The van der Waals surface area contributed by atoms with Crippen LogP contribution in [-0.2, 0) is 13.5 Å². The fourth-order valence-corrected chi connectivity index (χ4v) is 2.11. The Kier molecular flexibility index (Phi) is 4.41. The zero-order valence-corrected chi connectivity index (χ0v) is 12.9. The maximum atomic E-state index is 11.0. The molecule has 0 aromatic carbocycles.